The Morgan fingerprint density at radius 3 is 2.52 bits per heavy atom. The van der Waals surface area contributed by atoms with E-state index in [1.54, 1.807) is 16.8 Å². The molecule has 0 aliphatic heterocycles. The third-order valence-corrected chi connectivity index (χ3v) is 3.50. The molecule has 0 spiro atoms. The first kappa shape index (κ1) is 14.6. The van der Waals surface area contributed by atoms with Gasteiger partial charge in [-0.3, -0.25) is 0 Å². The quantitative estimate of drug-likeness (QED) is 0.880. The van der Waals surface area contributed by atoms with Crippen LogP contribution in [0.25, 0.3) is 5.69 Å². The van der Waals surface area contributed by atoms with Gasteiger partial charge in [0.25, 0.3) is 0 Å². The van der Waals surface area contributed by atoms with Crippen molar-refractivity contribution in [2.24, 2.45) is 0 Å². The van der Waals surface area contributed by atoms with E-state index in [4.69, 9.17) is 22.1 Å². The number of nitriles is 2. The summed E-state index contributed by atoms with van der Waals surface area (Å²) in [5, 5.41) is 25.5. The largest absolute Gasteiger partial charge is 0.358 e. The lowest BCUT2D eigenvalue weighted by Crippen LogP contribution is -2.03. The highest BCUT2D eigenvalue weighted by Gasteiger charge is 2.13. The standard InChI is InChI=1S/C15H12ClN5/c1-10-15(16)11(2)21(20-10)14-6-4-3-5-13(14)19-9-12(7-17)8-18/h3-6,9,19H,1-2H3. The molecule has 0 saturated heterocycles. The van der Waals surface area contributed by atoms with Crippen molar-refractivity contribution in [3.63, 3.8) is 0 Å². The van der Waals surface area contributed by atoms with Crippen LogP contribution >= 0.6 is 11.6 Å². The van der Waals surface area contributed by atoms with E-state index < -0.39 is 0 Å². The van der Waals surface area contributed by atoms with Crippen molar-refractivity contribution in [3.05, 3.63) is 52.4 Å². The van der Waals surface area contributed by atoms with Crippen molar-refractivity contribution >= 4 is 17.3 Å². The van der Waals surface area contributed by atoms with Crippen molar-refractivity contribution in [3.8, 4) is 17.8 Å². The van der Waals surface area contributed by atoms with Gasteiger partial charge in [-0.1, -0.05) is 23.7 Å². The molecular weight excluding hydrogens is 286 g/mol. The molecule has 0 radical (unpaired) electrons. The molecule has 0 aliphatic rings. The Balaban J connectivity index is 2.47. The SMILES string of the molecule is Cc1nn(-c2ccccc2NC=C(C#N)C#N)c(C)c1Cl. The van der Waals surface area contributed by atoms with Crippen LogP contribution in [0.3, 0.4) is 0 Å². The summed E-state index contributed by atoms with van der Waals surface area (Å²) < 4.78 is 1.73. The molecule has 0 bridgehead atoms. The van der Waals surface area contributed by atoms with Gasteiger partial charge in [0, 0.05) is 6.20 Å². The van der Waals surface area contributed by atoms with Gasteiger partial charge in [-0.05, 0) is 26.0 Å². The summed E-state index contributed by atoms with van der Waals surface area (Å²) in [7, 11) is 0. The van der Waals surface area contributed by atoms with Crippen LogP contribution in [0.15, 0.2) is 36.0 Å². The smallest absolute Gasteiger partial charge is 0.145 e. The van der Waals surface area contributed by atoms with Crippen LogP contribution in [0.1, 0.15) is 11.4 Å². The lowest BCUT2D eigenvalue weighted by molar-refractivity contribution is 0.835. The molecule has 0 atom stereocenters. The molecule has 6 heteroatoms. The number of aromatic nitrogens is 2. The maximum absolute atomic E-state index is 8.76. The molecule has 2 aromatic rings. The van der Waals surface area contributed by atoms with Crippen LogP contribution < -0.4 is 5.32 Å². The molecular formula is C15H12ClN5. The van der Waals surface area contributed by atoms with Gasteiger partial charge >= 0.3 is 0 Å². The van der Waals surface area contributed by atoms with Crippen LogP contribution in [0, 0.1) is 36.5 Å². The minimum atomic E-state index is -0.00352. The molecule has 0 saturated carbocycles. The van der Waals surface area contributed by atoms with Gasteiger partial charge in [-0.25, -0.2) is 4.68 Å². The number of benzene rings is 1. The zero-order chi connectivity index (χ0) is 15.4. The van der Waals surface area contributed by atoms with E-state index in [0.717, 1.165) is 22.8 Å². The van der Waals surface area contributed by atoms with Gasteiger partial charge in [0.2, 0.25) is 0 Å². The minimum Gasteiger partial charge on any atom is -0.358 e. The van der Waals surface area contributed by atoms with Gasteiger partial charge in [0.05, 0.1) is 27.8 Å². The van der Waals surface area contributed by atoms with Gasteiger partial charge < -0.3 is 5.32 Å². The van der Waals surface area contributed by atoms with E-state index in [9.17, 15) is 0 Å². The number of nitrogens with zero attached hydrogens (tertiary/aromatic N) is 4. The van der Waals surface area contributed by atoms with Crippen molar-refractivity contribution in [1.29, 1.82) is 10.5 Å². The Morgan fingerprint density at radius 1 is 1.29 bits per heavy atom. The summed E-state index contributed by atoms with van der Waals surface area (Å²) in [6, 6.07) is 11.0. The number of nitrogens with one attached hydrogen (secondary N) is 1. The van der Waals surface area contributed by atoms with E-state index in [2.05, 4.69) is 10.4 Å². The van der Waals surface area contributed by atoms with Gasteiger partial charge in [0.15, 0.2) is 0 Å². The number of anilines is 1. The van der Waals surface area contributed by atoms with Crippen LogP contribution in [-0.2, 0) is 0 Å². The number of aryl methyl sites for hydroxylation is 1. The van der Waals surface area contributed by atoms with E-state index in [1.807, 2.05) is 38.1 Å². The molecule has 0 amide bonds. The average molecular weight is 298 g/mol. The molecule has 104 valence electrons. The Bertz CT molecular complexity index is 773. The Kier molecular flexibility index (Phi) is 4.27. The monoisotopic (exact) mass is 297 g/mol. The minimum absolute atomic E-state index is 0.00352. The van der Waals surface area contributed by atoms with Crippen molar-refractivity contribution in [1.82, 2.24) is 9.78 Å². The molecule has 1 heterocycles. The van der Waals surface area contributed by atoms with Gasteiger partial charge in [-0.2, -0.15) is 15.6 Å². The number of halogens is 1. The summed E-state index contributed by atoms with van der Waals surface area (Å²) >= 11 is 6.17. The highest BCUT2D eigenvalue weighted by molar-refractivity contribution is 6.31. The lowest BCUT2D eigenvalue weighted by atomic mass is 10.2. The van der Waals surface area contributed by atoms with Crippen molar-refractivity contribution < 1.29 is 0 Å². The molecule has 21 heavy (non-hydrogen) atoms. The van der Waals surface area contributed by atoms with Crippen LogP contribution in [-0.4, -0.2) is 9.78 Å². The highest BCUT2D eigenvalue weighted by Crippen LogP contribution is 2.26. The van der Waals surface area contributed by atoms with Crippen LogP contribution in [0.5, 0.6) is 0 Å². The van der Waals surface area contributed by atoms with E-state index in [1.165, 1.54) is 6.20 Å². The number of hydrogen-bond acceptors (Lipinski definition) is 4. The average Bonchev–Trinajstić information content (AvgIpc) is 2.76. The normalized spacial score (nSPS) is 9.57. The number of para-hydroxylation sites is 2. The van der Waals surface area contributed by atoms with E-state index in [-0.39, 0.29) is 5.57 Å². The van der Waals surface area contributed by atoms with Gasteiger partial charge in [0.1, 0.15) is 17.7 Å². The Labute approximate surface area is 127 Å². The molecule has 2 rings (SSSR count). The van der Waals surface area contributed by atoms with Crippen LogP contribution in [0.2, 0.25) is 5.02 Å². The topological polar surface area (TPSA) is 77.4 Å². The third-order valence-electron chi connectivity index (χ3n) is 2.95. The molecule has 0 fully saturated rings. The second kappa shape index (κ2) is 6.13. The summed E-state index contributed by atoms with van der Waals surface area (Å²) in [4.78, 5) is 0. The number of allylic oxidation sites excluding steroid dienone is 1. The molecule has 1 aromatic carbocycles. The summed E-state index contributed by atoms with van der Waals surface area (Å²) in [5.41, 5.74) is 3.08. The van der Waals surface area contributed by atoms with E-state index >= 15 is 0 Å². The summed E-state index contributed by atoms with van der Waals surface area (Å²) in [5.74, 6) is 0. The Morgan fingerprint density at radius 2 is 1.95 bits per heavy atom. The Hall–Kier alpha value is -2.76. The molecule has 5 nitrogen and oxygen atoms in total. The molecule has 1 N–H and O–H groups in total. The maximum atomic E-state index is 8.76. The fourth-order valence-corrected chi connectivity index (χ4v) is 2.00. The second-order valence-electron chi connectivity index (χ2n) is 4.34. The third kappa shape index (κ3) is 2.89. The summed E-state index contributed by atoms with van der Waals surface area (Å²) in [6.45, 7) is 3.72. The zero-order valence-corrected chi connectivity index (χ0v) is 12.3. The molecule has 1 aromatic heterocycles. The lowest BCUT2D eigenvalue weighted by Gasteiger charge is -2.10. The maximum Gasteiger partial charge on any atom is 0.145 e. The van der Waals surface area contributed by atoms with E-state index in [0.29, 0.717) is 5.02 Å². The number of hydrogen-bond donors (Lipinski definition) is 1. The second-order valence-corrected chi connectivity index (χ2v) is 4.72. The fraction of sp³-hybridized carbons (Fsp3) is 0.133. The number of rotatable bonds is 3. The van der Waals surface area contributed by atoms with Crippen molar-refractivity contribution in [2.45, 2.75) is 13.8 Å². The molecule has 0 unspecified atom stereocenters. The first-order valence-electron chi connectivity index (χ1n) is 6.16. The predicted molar refractivity (Wildman–Crippen MR) is 81.0 cm³/mol. The highest BCUT2D eigenvalue weighted by atomic mass is 35.5. The first-order valence-corrected chi connectivity index (χ1v) is 6.54. The zero-order valence-electron chi connectivity index (χ0n) is 11.6. The van der Waals surface area contributed by atoms with Gasteiger partial charge in [-0.15, -0.1) is 0 Å². The summed E-state index contributed by atoms with van der Waals surface area (Å²) in [6.07, 6.45) is 1.37. The molecule has 0 aliphatic carbocycles. The fourth-order valence-electron chi connectivity index (χ4n) is 1.88. The van der Waals surface area contributed by atoms with Crippen molar-refractivity contribution in [2.75, 3.05) is 5.32 Å². The van der Waals surface area contributed by atoms with Crippen LogP contribution in [0.4, 0.5) is 5.69 Å². The predicted octanol–water partition coefficient (Wildman–Crippen LogP) is 3.49. The first-order chi connectivity index (χ1) is 10.1.